The zero-order chi connectivity index (χ0) is 15.0. The van der Waals surface area contributed by atoms with Gasteiger partial charge in [-0.3, -0.25) is 0 Å². The lowest BCUT2D eigenvalue weighted by atomic mass is 9.87. The van der Waals surface area contributed by atoms with Crippen LogP contribution >= 0.6 is 0 Å². The van der Waals surface area contributed by atoms with Crippen molar-refractivity contribution in [2.24, 2.45) is 5.92 Å². The summed E-state index contributed by atoms with van der Waals surface area (Å²) in [5, 5.41) is 9.67. The number of nitrogens with two attached hydrogens (primary N) is 1. The summed E-state index contributed by atoms with van der Waals surface area (Å²) in [5.74, 6) is 2.18. The van der Waals surface area contributed by atoms with Gasteiger partial charge in [0.15, 0.2) is 0 Å². The molecule has 0 radical (unpaired) electrons. The van der Waals surface area contributed by atoms with Gasteiger partial charge in [-0.05, 0) is 49.8 Å². The van der Waals surface area contributed by atoms with E-state index in [2.05, 4.69) is 24.5 Å². The topological polar surface area (TPSA) is 64.1 Å². The number of benzene rings is 1. The molecule has 1 aromatic carbocycles. The first-order valence-corrected chi connectivity index (χ1v) is 7.98. The van der Waals surface area contributed by atoms with Crippen molar-refractivity contribution in [1.82, 2.24) is 9.55 Å². The fraction of sp³-hybridized carbons (Fsp3) is 0.588. The van der Waals surface area contributed by atoms with Gasteiger partial charge < -0.3 is 15.4 Å². The van der Waals surface area contributed by atoms with Crippen molar-refractivity contribution in [3.63, 3.8) is 0 Å². The summed E-state index contributed by atoms with van der Waals surface area (Å²) in [6.45, 7) is 5.37. The Balaban J connectivity index is 1.93. The van der Waals surface area contributed by atoms with E-state index >= 15 is 0 Å². The van der Waals surface area contributed by atoms with Gasteiger partial charge in [-0.25, -0.2) is 4.98 Å². The van der Waals surface area contributed by atoms with Crippen LogP contribution in [-0.4, -0.2) is 20.8 Å². The average molecular weight is 287 g/mol. The summed E-state index contributed by atoms with van der Waals surface area (Å²) in [7, 11) is 0. The maximum Gasteiger partial charge on any atom is 0.112 e. The third kappa shape index (κ3) is 2.91. The molecule has 0 unspecified atom stereocenters. The van der Waals surface area contributed by atoms with E-state index in [1.165, 1.54) is 5.52 Å². The predicted molar refractivity (Wildman–Crippen MR) is 86.2 cm³/mol. The van der Waals surface area contributed by atoms with Crippen LogP contribution in [0.2, 0.25) is 0 Å². The molecule has 114 valence electrons. The molecule has 1 fully saturated rings. The molecule has 1 saturated carbocycles. The zero-order valence-electron chi connectivity index (χ0n) is 12.9. The number of anilines is 1. The normalized spacial score (nSPS) is 23.0. The Labute approximate surface area is 126 Å². The van der Waals surface area contributed by atoms with Crippen LogP contribution in [0.3, 0.4) is 0 Å². The number of hydrogen-bond donors (Lipinski definition) is 2. The molecule has 4 heteroatoms. The molecular weight excluding hydrogens is 262 g/mol. The first-order valence-electron chi connectivity index (χ1n) is 7.98. The highest BCUT2D eigenvalue weighted by atomic mass is 16.3. The Hall–Kier alpha value is -1.55. The predicted octanol–water partition coefficient (Wildman–Crippen LogP) is 3.29. The van der Waals surface area contributed by atoms with Gasteiger partial charge in [0.1, 0.15) is 5.82 Å². The number of rotatable bonds is 3. The molecule has 3 rings (SSSR count). The van der Waals surface area contributed by atoms with Gasteiger partial charge in [0, 0.05) is 18.2 Å². The van der Waals surface area contributed by atoms with Crippen LogP contribution in [0.1, 0.15) is 51.3 Å². The van der Waals surface area contributed by atoms with Crippen molar-refractivity contribution in [2.75, 3.05) is 5.73 Å². The smallest absolute Gasteiger partial charge is 0.112 e. The van der Waals surface area contributed by atoms with Crippen LogP contribution in [0.4, 0.5) is 5.69 Å². The second-order valence-corrected chi connectivity index (χ2v) is 6.66. The van der Waals surface area contributed by atoms with Gasteiger partial charge >= 0.3 is 0 Å². The Morgan fingerprint density at radius 1 is 1.29 bits per heavy atom. The van der Waals surface area contributed by atoms with E-state index in [0.717, 1.165) is 49.3 Å². The third-order valence-corrected chi connectivity index (χ3v) is 4.58. The highest BCUT2D eigenvalue weighted by Crippen LogP contribution is 2.30. The first-order chi connectivity index (χ1) is 10.0. The number of hydrogen-bond acceptors (Lipinski definition) is 3. The second kappa shape index (κ2) is 5.68. The SMILES string of the molecule is CC(C)c1nc2cc(N)ccc2n1CC1CCC(O)CC1. The van der Waals surface area contributed by atoms with Crippen LogP contribution in [0.5, 0.6) is 0 Å². The van der Waals surface area contributed by atoms with Gasteiger partial charge in [-0.15, -0.1) is 0 Å². The second-order valence-electron chi connectivity index (χ2n) is 6.66. The highest BCUT2D eigenvalue weighted by Gasteiger charge is 2.22. The van der Waals surface area contributed by atoms with Gasteiger partial charge in [0.2, 0.25) is 0 Å². The van der Waals surface area contributed by atoms with Crippen LogP contribution in [0, 0.1) is 5.92 Å². The molecule has 0 spiro atoms. The van der Waals surface area contributed by atoms with Gasteiger partial charge in [-0.2, -0.15) is 0 Å². The largest absolute Gasteiger partial charge is 0.399 e. The van der Waals surface area contributed by atoms with E-state index in [1.54, 1.807) is 0 Å². The van der Waals surface area contributed by atoms with E-state index < -0.39 is 0 Å². The highest BCUT2D eigenvalue weighted by molar-refractivity contribution is 5.79. The summed E-state index contributed by atoms with van der Waals surface area (Å²) >= 11 is 0. The Bertz CT molecular complexity index is 624. The molecule has 1 heterocycles. The summed E-state index contributed by atoms with van der Waals surface area (Å²) in [5.41, 5.74) is 8.82. The summed E-state index contributed by atoms with van der Waals surface area (Å²) in [6.07, 6.45) is 3.98. The minimum atomic E-state index is -0.0925. The zero-order valence-corrected chi connectivity index (χ0v) is 12.9. The molecule has 4 nitrogen and oxygen atoms in total. The van der Waals surface area contributed by atoms with Gasteiger partial charge in [0.25, 0.3) is 0 Å². The molecule has 0 amide bonds. The van der Waals surface area contributed by atoms with Crippen molar-refractivity contribution in [1.29, 1.82) is 0 Å². The molecule has 21 heavy (non-hydrogen) atoms. The van der Waals surface area contributed by atoms with Crippen LogP contribution in [0.15, 0.2) is 18.2 Å². The molecule has 0 aliphatic heterocycles. The van der Waals surface area contributed by atoms with Crippen molar-refractivity contribution in [2.45, 2.75) is 58.1 Å². The molecule has 0 saturated heterocycles. The van der Waals surface area contributed by atoms with Crippen LogP contribution < -0.4 is 5.73 Å². The van der Waals surface area contributed by atoms with Crippen molar-refractivity contribution in [3.8, 4) is 0 Å². The quantitative estimate of drug-likeness (QED) is 0.851. The van der Waals surface area contributed by atoms with Crippen molar-refractivity contribution in [3.05, 3.63) is 24.0 Å². The number of fused-ring (bicyclic) bond motifs is 1. The lowest BCUT2D eigenvalue weighted by Gasteiger charge is -2.26. The monoisotopic (exact) mass is 287 g/mol. The molecule has 1 aliphatic carbocycles. The number of aliphatic hydroxyl groups is 1. The Kier molecular flexibility index (Phi) is 3.89. The third-order valence-electron chi connectivity index (χ3n) is 4.58. The molecule has 0 bridgehead atoms. The summed E-state index contributed by atoms with van der Waals surface area (Å²) in [6, 6.07) is 6.00. The summed E-state index contributed by atoms with van der Waals surface area (Å²) < 4.78 is 2.36. The van der Waals surface area contributed by atoms with Crippen molar-refractivity contribution < 1.29 is 5.11 Å². The maximum absolute atomic E-state index is 9.67. The molecule has 1 aliphatic rings. The Morgan fingerprint density at radius 3 is 2.67 bits per heavy atom. The summed E-state index contributed by atoms with van der Waals surface area (Å²) in [4.78, 5) is 4.79. The molecule has 2 aromatic rings. The first kappa shape index (κ1) is 14.4. The number of nitrogen functional groups attached to an aromatic ring is 1. The van der Waals surface area contributed by atoms with E-state index in [9.17, 15) is 5.11 Å². The molecular formula is C17H25N3O. The van der Waals surface area contributed by atoms with E-state index in [-0.39, 0.29) is 6.10 Å². The fourth-order valence-electron chi connectivity index (χ4n) is 3.38. The number of aromatic nitrogens is 2. The number of nitrogens with zero attached hydrogens (tertiary/aromatic N) is 2. The lowest BCUT2D eigenvalue weighted by Crippen LogP contribution is -2.22. The number of aliphatic hydroxyl groups excluding tert-OH is 1. The van der Waals surface area contributed by atoms with E-state index in [0.29, 0.717) is 11.8 Å². The van der Waals surface area contributed by atoms with Crippen LogP contribution in [0.25, 0.3) is 11.0 Å². The Morgan fingerprint density at radius 2 is 2.00 bits per heavy atom. The van der Waals surface area contributed by atoms with Crippen molar-refractivity contribution >= 4 is 16.7 Å². The minimum absolute atomic E-state index is 0.0925. The molecule has 1 aromatic heterocycles. The van der Waals surface area contributed by atoms with E-state index in [1.807, 2.05) is 12.1 Å². The molecule has 0 atom stereocenters. The lowest BCUT2D eigenvalue weighted by molar-refractivity contribution is 0.104. The minimum Gasteiger partial charge on any atom is -0.399 e. The maximum atomic E-state index is 9.67. The average Bonchev–Trinajstić information content (AvgIpc) is 2.79. The van der Waals surface area contributed by atoms with Gasteiger partial charge in [-0.1, -0.05) is 13.8 Å². The van der Waals surface area contributed by atoms with Crippen LogP contribution in [-0.2, 0) is 6.54 Å². The fourth-order valence-corrected chi connectivity index (χ4v) is 3.38. The van der Waals surface area contributed by atoms with E-state index in [4.69, 9.17) is 10.7 Å². The molecule has 3 N–H and O–H groups in total. The van der Waals surface area contributed by atoms with Gasteiger partial charge in [0.05, 0.1) is 17.1 Å². The standard InChI is InChI=1S/C17H25N3O/c1-11(2)17-19-15-9-13(18)5-8-16(15)20(17)10-12-3-6-14(21)7-4-12/h5,8-9,11-12,14,21H,3-4,6-7,10,18H2,1-2H3. The number of imidazole rings is 1.